The van der Waals surface area contributed by atoms with Gasteiger partial charge in [-0.3, -0.25) is 0 Å². The zero-order chi connectivity index (χ0) is 5.82. The Bertz CT molecular complexity index is 57.4. The summed E-state index contributed by atoms with van der Waals surface area (Å²) in [5, 5.41) is 0. The molecule has 48 valence electrons. The fourth-order valence-electron chi connectivity index (χ4n) is 0.857. The van der Waals surface area contributed by atoms with Crippen LogP contribution < -0.4 is 0 Å². The maximum atomic E-state index is 5.06. The molecule has 1 heteroatoms. The molecule has 8 heavy (non-hydrogen) atoms. The molecule has 1 aliphatic heterocycles. The Kier molecular flexibility index (Phi) is 2.34. The predicted molar refractivity (Wildman–Crippen MR) is 33.9 cm³/mol. The van der Waals surface area contributed by atoms with E-state index >= 15 is 0 Å². The van der Waals surface area contributed by atoms with Crippen LogP contribution in [0.4, 0.5) is 0 Å². The molecular formula is C7H14O. The Morgan fingerprint density at radius 3 is 2.75 bits per heavy atom. The molecule has 1 nitrogen and oxygen atoms in total. The first kappa shape index (κ1) is 6.09. The van der Waals surface area contributed by atoms with Crippen molar-refractivity contribution >= 4 is 0 Å². The van der Waals surface area contributed by atoms with Crippen molar-refractivity contribution in [2.45, 2.75) is 38.7 Å². The third-order valence-corrected chi connectivity index (χ3v) is 1.53. The Morgan fingerprint density at radius 2 is 2.25 bits per heavy atom. The Balaban J connectivity index is 1.74. The molecule has 1 fully saturated rings. The number of unbranched alkanes of at least 4 members (excludes halogenated alkanes) is 2. The first-order valence-electron chi connectivity index (χ1n) is 3.55. The molecule has 0 aromatic heterocycles. The van der Waals surface area contributed by atoms with E-state index in [4.69, 9.17) is 4.74 Å². The molecule has 1 unspecified atom stereocenters. The second kappa shape index (κ2) is 3.08. The Labute approximate surface area is 51.0 Å². The molecular weight excluding hydrogens is 100 g/mol. The second-order valence-electron chi connectivity index (χ2n) is 2.45. The summed E-state index contributed by atoms with van der Waals surface area (Å²) in [7, 11) is 0. The summed E-state index contributed by atoms with van der Waals surface area (Å²) in [5.41, 5.74) is 0. The van der Waals surface area contributed by atoms with Crippen molar-refractivity contribution in [1.82, 2.24) is 0 Å². The molecule has 0 radical (unpaired) electrons. The molecule has 0 amide bonds. The van der Waals surface area contributed by atoms with Crippen LogP contribution in [-0.4, -0.2) is 12.7 Å². The molecule has 0 spiro atoms. The SMILES string of the molecule is CCCCCC1CO1. The van der Waals surface area contributed by atoms with E-state index in [1.807, 2.05) is 0 Å². The minimum atomic E-state index is 0.654. The first-order chi connectivity index (χ1) is 3.93. The van der Waals surface area contributed by atoms with Crippen molar-refractivity contribution in [2.24, 2.45) is 0 Å². The second-order valence-corrected chi connectivity index (χ2v) is 2.45. The maximum absolute atomic E-state index is 5.06. The number of hydrogen-bond donors (Lipinski definition) is 0. The smallest absolute Gasteiger partial charge is 0.0810 e. The number of rotatable bonds is 4. The van der Waals surface area contributed by atoms with Crippen LogP contribution in [0.15, 0.2) is 0 Å². The lowest BCUT2D eigenvalue weighted by molar-refractivity contribution is 0.389. The van der Waals surface area contributed by atoms with E-state index in [1.54, 1.807) is 0 Å². The fourth-order valence-corrected chi connectivity index (χ4v) is 0.857. The van der Waals surface area contributed by atoms with E-state index in [1.165, 1.54) is 25.7 Å². The molecule has 1 rings (SSSR count). The van der Waals surface area contributed by atoms with E-state index < -0.39 is 0 Å². The average molecular weight is 114 g/mol. The van der Waals surface area contributed by atoms with Crippen LogP contribution in [0.5, 0.6) is 0 Å². The highest BCUT2D eigenvalue weighted by atomic mass is 16.6. The minimum absolute atomic E-state index is 0.654. The summed E-state index contributed by atoms with van der Waals surface area (Å²) in [6.07, 6.45) is 6.02. The van der Waals surface area contributed by atoms with Crippen molar-refractivity contribution in [3.63, 3.8) is 0 Å². The van der Waals surface area contributed by atoms with Gasteiger partial charge in [-0.15, -0.1) is 0 Å². The molecule has 1 atom stereocenters. The largest absolute Gasteiger partial charge is 0.373 e. The van der Waals surface area contributed by atoms with Gasteiger partial charge in [0.25, 0.3) is 0 Å². The van der Waals surface area contributed by atoms with Gasteiger partial charge in [0.05, 0.1) is 12.7 Å². The summed E-state index contributed by atoms with van der Waals surface area (Å²) >= 11 is 0. The van der Waals surface area contributed by atoms with Crippen LogP contribution in [0.2, 0.25) is 0 Å². The van der Waals surface area contributed by atoms with Gasteiger partial charge in [0.2, 0.25) is 0 Å². The molecule has 0 aromatic carbocycles. The highest BCUT2D eigenvalue weighted by molar-refractivity contribution is 4.67. The summed E-state index contributed by atoms with van der Waals surface area (Å²) in [6.45, 7) is 3.26. The van der Waals surface area contributed by atoms with Gasteiger partial charge in [-0.05, 0) is 6.42 Å². The van der Waals surface area contributed by atoms with Crippen molar-refractivity contribution in [3.05, 3.63) is 0 Å². The van der Waals surface area contributed by atoms with E-state index in [0.717, 1.165) is 6.61 Å². The average Bonchev–Trinajstić information content (AvgIpc) is 2.51. The molecule has 0 aliphatic carbocycles. The molecule has 0 bridgehead atoms. The third kappa shape index (κ3) is 2.31. The van der Waals surface area contributed by atoms with Crippen molar-refractivity contribution in [1.29, 1.82) is 0 Å². The van der Waals surface area contributed by atoms with Gasteiger partial charge in [-0.2, -0.15) is 0 Å². The van der Waals surface area contributed by atoms with Gasteiger partial charge in [0.1, 0.15) is 0 Å². The fraction of sp³-hybridized carbons (Fsp3) is 1.00. The van der Waals surface area contributed by atoms with Crippen LogP contribution in [0.3, 0.4) is 0 Å². The first-order valence-corrected chi connectivity index (χ1v) is 3.55. The van der Waals surface area contributed by atoms with Gasteiger partial charge < -0.3 is 4.74 Å². The third-order valence-electron chi connectivity index (χ3n) is 1.53. The lowest BCUT2D eigenvalue weighted by atomic mass is 10.2. The minimum Gasteiger partial charge on any atom is -0.373 e. The van der Waals surface area contributed by atoms with E-state index in [0.29, 0.717) is 6.10 Å². The Hall–Kier alpha value is -0.0400. The monoisotopic (exact) mass is 114 g/mol. The van der Waals surface area contributed by atoms with Gasteiger partial charge in [0.15, 0.2) is 0 Å². The zero-order valence-electron chi connectivity index (χ0n) is 5.52. The highest BCUT2D eigenvalue weighted by Gasteiger charge is 2.20. The van der Waals surface area contributed by atoms with Gasteiger partial charge in [-0.1, -0.05) is 26.2 Å². The van der Waals surface area contributed by atoms with Crippen molar-refractivity contribution in [2.75, 3.05) is 6.61 Å². The van der Waals surface area contributed by atoms with Crippen LogP contribution >= 0.6 is 0 Å². The van der Waals surface area contributed by atoms with Gasteiger partial charge >= 0.3 is 0 Å². The molecule has 1 aliphatic rings. The predicted octanol–water partition coefficient (Wildman–Crippen LogP) is 1.97. The summed E-state index contributed by atoms with van der Waals surface area (Å²) < 4.78 is 5.06. The Morgan fingerprint density at radius 1 is 1.50 bits per heavy atom. The van der Waals surface area contributed by atoms with Crippen LogP contribution in [0.25, 0.3) is 0 Å². The molecule has 0 aromatic rings. The van der Waals surface area contributed by atoms with Crippen molar-refractivity contribution in [3.8, 4) is 0 Å². The van der Waals surface area contributed by atoms with Crippen LogP contribution in [0, 0.1) is 0 Å². The highest BCUT2D eigenvalue weighted by Crippen LogP contribution is 2.16. The lowest BCUT2D eigenvalue weighted by Crippen LogP contribution is -1.83. The van der Waals surface area contributed by atoms with E-state index in [-0.39, 0.29) is 0 Å². The van der Waals surface area contributed by atoms with E-state index in [2.05, 4.69) is 6.92 Å². The normalized spacial score (nSPS) is 25.9. The number of hydrogen-bond acceptors (Lipinski definition) is 1. The summed E-state index contributed by atoms with van der Waals surface area (Å²) in [5.74, 6) is 0. The van der Waals surface area contributed by atoms with Crippen molar-refractivity contribution < 1.29 is 4.74 Å². The summed E-state index contributed by atoms with van der Waals surface area (Å²) in [4.78, 5) is 0. The molecule has 1 heterocycles. The maximum Gasteiger partial charge on any atom is 0.0810 e. The number of epoxide rings is 1. The topological polar surface area (TPSA) is 12.5 Å². The molecule has 1 saturated heterocycles. The van der Waals surface area contributed by atoms with Crippen LogP contribution in [-0.2, 0) is 4.74 Å². The summed E-state index contributed by atoms with van der Waals surface area (Å²) in [6, 6.07) is 0. The van der Waals surface area contributed by atoms with E-state index in [9.17, 15) is 0 Å². The quantitative estimate of drug-likeness (QED) is 0.402. The zero-order valence-corrected chi connectivity index (χ0v) is 5.52. The standard InChI is InChI=1S/C7H14O/c1-2-3-4-5-7-6-8-7/h7H,2-6H2,1H3. The van der Waals surface area contributed by atoms with Gasteiger partial charge in [-0.25, -0.2) is 0 Å². The molecule has 0 saturated carbocycles. The molecule has 0 N–H and O–H groups in total. The van der Waals surface area contributed by atoms with Crippen LogP contribution in [0.1, 0.15) is 32.6 Å². The lowest BCUT2D eigenvalue weighted by Gasteiger charge is -1.90. The van der Waals surface area contributed by atoms with Gasteiger partial charge in [0, 0.05) is 0 Å². The number of ether oxygens (including phenoxy) is 1.